The van der Waals surface area contributed by atoms with Crippen LogP contribution in [0.3, 0.4) is 0 Å². The molecule has 0 spiro atoms. The number of benzene rings is 1. The maximum Gasteiger partial charge on any atom is 0.263 e. The number of anilines is 2. The van der Waals surface area contributed by atoms with E-state index in [4.69, 9.17) is 5.73 Å². The molecule has 0 unspecified atom stereocenters. The van der Waals surface area contributed by atoms with E-state index in [-0.39, 0.29) is 18.0 Å². The van der Waals surface area contributed by atoms with Gasteiger partial charge in [0.15, 0.2) is 0 Å². The van der Waals surface area contributed by atoms with Gasteiger partial charge in [0.1, 0.15) is 4.83 Å². The van der Waals surface area contributed by atoms with Crippen LogP contribution in [-0.4, -0.2) is 20.4 Å². The van der Waals surface area contributed by atoms with Gasteiger partial charge >= 0.3 is 0 Å². The van der Waals surface area contributed by atoms with Gasteiger partial charge in [0.05, 0.1) is 29.5 Å². The molecular weight excluding hydrogens is 374 g/mol. The highest BCUT2D eigenvalue weighted by Gasteiger charge is 2.21. The van der Waals surface area contributed by atoms with Gasteiger partial charge in [0.2, 0.25) is 0 Å². The molecule has 0 aliphatic heterocycles. The number of hydrogen-bond donors (Lipinski definition) is 2. The predicted octanol–water partition coefficient (Wildman–Crippen LogP) is 3.04. The summed E-state index contributed by atoms with van der Waals surface area (Å²) in [6.07, 6.45) is 3.17. The Kier molecular flexibility index (Phi) is 4.62. The van der Waals surface area contributed by atoms with E-state index in [2.05, 4.69) is 15.3 Å². The number of pyridine rings is 1. The topological polar surface area (TPSA) is 103 Å². The molecule has 8 heteroatoms. The van der Waals surface area contributed by atoms with Crippen molar-refractivity contribution in [3.05, 3.63) is 81.5 Å². The molecule has 3 aromatic heterocycles. The van der Waals surface area contributed by atoms with E-state index in [0.717, 1.165) is 10.6 Å². The normalized spacial score (nSPS) is 10.9. The van der Waals surface area contributed by atoms with Crippen molar-refractivity contribution in [1.29, 1.82) is 0 Å². The number of carbonyl (C=O) groups excluding carboxylic acids is 1. The first-order valence-electron chi connectivity index (χ1n) is 8.58. The third-order valence-electron chi connectivity index (χ3n) is 4.31. The highest BCUT2D eigenvalue weighted by molar-refractivity contribution is 7.19. The molecule has 0 aliphatic rings. The van der Waals surface area contributed by atoms with Gasteiger partial charge < -0.3 is 11.1 Å². The van der Waals surface area contributed by atoms with Crippen molar-refractivity contribution in [2.45, 2.75) is 13.5 Å². The number of nitrogen functional groups attached to an aromatic ring is 1. The van der Waals surface area contributed by atoms with Gasteiger partial charge in [-0.3, -0.25) is 19.1 Å². The summed E-state index contributed by atoms with van der Waals surface area (Å²) in [5.74, 6) is -0.344. The molecule has 3 heterocycles. The first kappa shape index (κ1) is 17.9. The lowest BCUT2D eigenvalue weighted by molar-refractivity contribution is 0.102. The molecule has 7 nitrogen and oxygen atoms in total. The summed E-state index contributed by atoms with van der Waals surface area (Å²) in [6, 6.07) is 12.4. The second-order valence-electron chi connectivity index (χ2n) is 6.29. The van der Waals surface area contributed by atoms with Crippen LogP contribution in [0, 0.1) is 6.92 Å². The van der Waals surface area contributed by atoms with E-state index in [1.807, 2.05) is 25.1 Å². The van der Waals surface area contributed by atoms with Gasteiger partial charge in [-0.2, -0.15) is 0 Å². The number of fused-ring (bicyclic) bond motifs is 1. The monoisotopic (exact) mass is 391 g/mol. The molecule has 0 saturated heterocycles. The second-order valence-corrected chi connectivity index (χ2v) is 7.49. The predicted molar refractivity (Wildman–Crippen MR) is 111 cm³/mol. The zero-order valence-corrected chi connectivity index (χ0v) is 15.9. The molecule has 140 valence electrons. The summed E-state index contributed by atoms with van der Waals surface area (Å²) in [6.45, 7) is 2.10. The summed E-state index contributed by atoms with van der Waals surface area (Å²) in [5.41, 5.74) is 7.73. The lowest BCUT2D eigenvalue weighted by Crippen LogP contribution is -2.23. The van der Waals surface area contributed by atoms with Crippen LogP contribution in [0.1, 0.15) is 20.9 Å². The van der Waals surface area contributed by atoms with Gasteiger partial charge in [-0.1, -0.05) is 6.07 Å². The molecule has 1 aromatic carbocycles. The minimum atomic E-state index is -0.344. The third-order valence-corrected chi connectivity index (χ3v) is 5.32. The number of nitrogens with two attached hydrogens (primary N) is 1. The van der Waals surface area contributed by atoms with Crippen molar-refractivity contribution < 1.29 is 4.79 Å². The zero-order chi connectivity index (χ0) is 19.7. The summed E-state index contributed by atoms with van der Waals surface area (Å²) in [4.78, 5) is 35.9. The van der Waals surface area contributed by atoms with E-state index in [1.54, 1.807) is 30.5 Å². The number of amides is 1. The van der Waals surface area contributed by atoms with Gasteiger partial charge in [0.25, 0.3) is 11.5 Å². The fourth-order valence-electron chi connectivity index (χ4n) is 2.95. The van der Waals surface area contributed by atoms with Crippen molar-refractivity contribution in [3.63, 3.8) is 0 Å². The molecule has 0 bridgehead atoms. The van der Waals surface area contributed by atoms with Crippen LogP contribution in [0.15, 0.2) is 59.8 Å². The van der Waals surface area contributed by atoms with Crippen molar-refractivity contribution in [2.24, 2.45) is 0 Å². The number of aromatic nitrogens is 3. The highest BCUT2D eigenvalue weighted by Crippen LogP contribution is 2.27. The number of nitrogens with one attached hydrogen (secondary N) is 1. The first-order valence-corrected chi connectivity index (χ1v) is 9.40. The lowest BCUT2D eigenvalue weighted by atomic mass is 10.1. The minimum absolute atomic E-state index is 0.262. The molecule has 0 radical (unpaired) electrons. The molecule has 0 fully saturated rings. The quantitative estimate of drug-likeness (QED) is 0.521. The Morgan fingerprint density at radius 2 is 1.96 bits per heavy atom. The molecule has 4 aromatic rings. The van der Waals surface area contributed by atoms with Gasteiger partial charge in [0, 0.05) is 22.4 Å². The zero-order valence-electron chi connectivity index (χ0n) is 15.0. The molecule has 3 N–H and O–H groups in total. The van der Waals surface area contributed by atoms with Crippen molar-refractivity contribution in [1.82, 2.24) is 14.5 Å². The van der Waals surface area contributed by atoms with Crippen LogP contribution < -0.4 is 16.6 Å². The number of carbonyl (C=O) groups is 1. The number of nitrogens with zero attached hydrogens (tertiary/aromatic N) is 3. The second kappa shape index (κ2) is 7.24. The van der Waals surface area contributed by atoms with Crippen LogP contribution in [0.25, 0.3) is 10.2 Å². The van der Waals surface area contributed by atoms with E-state index >= 15 is 0 Å². The molecule has 0 atom stereocenters. The van der Waals surface area contributed by atoms with Crippen LogP contribution in [0.5, 0.6) is 0 Å². The average Bonchev–Trinajstić information content (AvgIpc) is 3.03. The SMILES string of the molecule is Cc1sc2ncn(Cc3ccccn3)c(=O)c2c1C(=O)Nc1ccc(N)cc1. The summed E-state index contributed by atoms with van der Waals surface area (Å²) in [5, 5.41) is 3.15. The fourth-order valence-corrected chi connectivity index (χ4v) is 3.93. The smallest absolute Gasteiger partial charge is 0.263 e. The van der Waals surface area contributed by atoms with Crippen molar-refractivity contribution in [2.75, 3.05) is 11.1 Å². The standard InChI is InChI=1S/C20H17N5O2S/c1-12-16(18(26)24-14-7-5-13(21)6-8-14)17-19(28-12)23-11-25(20(17)27)10-15-4-2-3-9-22-15/h2-9,11H,10,21H2,1H3,(H,24,26). The van der Waals surface area contributed by atoms with Gasteiger partial charge in [-0.05, 0) is 43.3 Å². The highest BCUT2D eigenvalue weighted by atomic mass is 32.1. The Balaban J connectivity index is 1.74. The Labute approximate surface area is 164 Å². The molecule has 0 aliphatic carbocycles. The van der Waals surface area contributed by atoms with E-state index in [1.165, 1.54) is 22.2 Å². The van der Waals surface area contributed by atoms with Crippen LogP contribution in [0.2, 0.25) is 0 Å². The van der Waals surface area contributed by atoms with Gasteiger partial charge in [-0.25, -0.2) is 4.98 Å². The number of thiophene rings is 1. The third kappa shape index (κ3) is 3.37. The van der Waals surface area contributed by atoms with Crippen LogP contribution in [-0.2, 0) is 6.54 Å². The maximum absolute atomic E-state index is 13.1. The van der Waals surface area contributed by atoms with Crippen molar-refractivity contribution in [3.8, 4) is 0 Å². The molecule has 28 heavy (non-hydrogen) atoms. The van der Waals surface area contributed by atoms with E-state index in [0.29, 0.717) is 27.2 Å². The van der Waals surface area contributed by atoms with E-state index in [9.17, 15) is 9.59 Å². The lowest BCUT2D eigenvalue weighted by Gasteiger charge is -2.07. The van der Waals surface area contributed by atoms with Crippen LogP contribution in [0.4, 0.5) is 11.4 Å². The Hall–Kier alpha value is -3.52. The molecule has 0 saturated carbocycles. The number of aryl methyl sites for hydroxylation is 1. The summed E-state index contributed by atoms with van der Waals surface area (Å²) >= 11 is 1.33. The molecular formula is C20H17N5O2S. The number of hydrogen-bond acceptors (Lipinski definition) is 6. The first-order chi connectivity index (χ1) is 13.5. The molecule has 1 amide bonds. The fraction of sp³-hybridized carbons (Fsp3) is 0.100. The Bertz CT molecular complexity index is 1210. The Morgan fingerprint density at radius 1 is 1.18 bits per heavy atom. The molecule has 4 rings (SSSR count). The minimum Gasteiger partial charge on any atom is -0.399 e. The van der Waals surface area contributed by atoms with Crippen LogP contribution >= 0.6 is 11.3 Å². The number of rotatable bonds is 4. The maximum atomic E-state index is 13.1. The largest absolute Gasteiger partial charge is 0.399 e. The average molecular weight is 391 g/mol. The summed E-state index contributed by atoms with van der Waals surface area (Å²) < 4.78 is 1.47. The van der Waals surface area contributed by atoms with Gasteiger partial charge in [-0.15, -0.1) is 11.3 Å². The van der Waals surface area contributed by atoms with E-state index < -0.39 is 0 Å². The Morgan fingerprint density at radius 3 is 2.68 bits per heavy atom. The summed E-state index contributed by atoms with van der Waals surface area (Å²) in [7, 11) is 0. The van der Waals surface area contributed by atoms with Crippen molar-refractivity contribution >= 4 is 38.8 Å².